The number of ether oxygens (including phenoxy) is 3. The Hall–Kier alpha value is -1.93. The summed E-state index contributed by atoms with van der Waals surface area (Å²) < 4.78 is 15.5. The van der Waals surface area contributed by atoms with E-state index in [0.29, 0.717) is 6.61 Å². The Morgan fingerprint density at radius 2 is 1.89 bits per heavy atom. The summed E-state index contributed by atoms with van der Waals surface area (Å²) in [6, 6.07) is 7.86. The molecule has 27 heavy (non-hydrogen) atoms. The number of allylic oxidation sites excluding steroid dienone is 1. The van der Waals surface area contributed by atoms with Gasteiger partial charge in [-0.3, -0.25) is 0 Å². The van der Waals surface area contributed by atoms with Crippen LogP contribution in [-0.4, -0.2) is 62.1 Å². The zero-order chi connectivity index (χ0) is 20.3. The molecule has 3 N–H and O–H groups in total. The van der Waals surface area contributed by atoms with Crippen LogP contribution in [0, 0.1) is 0 Å². The minimum Gasteiger partial charge on any atom is -0.447 e. The predicted octanol–water partition coefficient (Wildman–Crippen LogP) is 2.07. The van der Waals surface area contributed by atoms with Crippen LogP contribution < -0.4 is 5.32 Å². The second-order valence-corrected chi connectivity index (χ2v) is 6.77. The van der Waals surface area contributed by atoms with E-state index in [-0.39, 0.29) is 33.0 Å². The number of nitrogens with one attached hydrogen (secondary N) is 1. The van der Waals surface area contributed by atoms with E-state index in [1.165, 1.54) is 0 Å². The number of carbonyl (C=O) groups is 1. The van der Waals surface area contributed by atoms with Crippen molar-refractivity contribution in [2.24, 2.45) is 0 Å². The molecule has 0 heterocycles. The Bertz CT molecular complexity index is 602. The first-order valence-electron chi connectivity index (χ1n) is 8.92. The Morgan fingerprint density at radius 3 is 2.56 bits per heavy atom. The maximum Gasteiger partial charge on any atom is 0.407 e. The number of carbonyl (C=O) groups excluding carboxylic acids is 1. The SMILES string of the molecule is C=C(C)c1cccc(C(C)(C)NC(=O)OCCOCCOCC(O)CO)c1. The van der Waals surface area contributed by atoms with Gasteiger partial charge in [-0.15, -0.1) is 0 Å². The topological polar surface area (TPSA) is 97.3 Å². The van der Waals surface area contributed by atoms with E-state index in [1.807, 2.05) is 45.0 Å². The monoisotopic (exact) mass is 381 g/mol. The molecule has 7 heteroatoms. The number of aliphatic hydroxyl groups is 2. The van der Waals surface area contributed by atoms with Crippen molar-refractivity contribution in [3.63, 3.8) is 0 Å². The molecule has 1 rings (SSSR count). The average Bonchev–Trinajstić information content (AvgIpc) is 2.63. The van der Waals surface area contributed by atoms with E-state index >= 15 is 0 Å². The van der Waals surface area contributed by atoms with E-state index in [0.717, 1.165) is 16.7 Å². The summed E-state index contributed by atoms with van der Waals surface area (Å²) >= 11 is 0. The molecule has 0 saturated heterocycles. The lowest BCUT2D eigenvalue weighted by Gasteiger charge is -2.27. The van der Waals surface area contributed by atoms with Crippen molar-refractivity contribution in [3.8, 4) is 0 Å². The van der Waals surface area contributed by atoms with Crippen LogP contribution in [0.3, 0.4) is 0 Å². The van der Waals surface area contributed by atoms with Crippen molar-refractivity contribution in [1.29, 1.82) is 0 Å². The van der Waals surface area contributed by atoms with Crippen LogP contribution in [0.5, 0.6) is 0 Å². The molecule has 152 valence electrons. The van der Waals surface area contributed by atoms with Crippen molar-refractivity contribution < 1.29 is 29.2 Å². The molecule has 1 unspecified atom stereocenters. The lowest BCUT2D eigenvalue weighted by atomic mass is 9.92. The summed E-state index contributed by atoms with van der Waals surface area (Å²) in [5.41, 5.74) is 2.35. The zero-order valence-corrected chi connectivity index (χ0v) is 16.4. The van der Waals surface area contributed by atoms with Crippen LogP contribution in [0.2, 0.25) is 0 Å². The lowest BCUT2D eigenvalue weighted by molar-refractivity contribution is -0.0192. The van der Waals surface area contributed by atoms with Crippen molar-refractivity contribution in [3.05, 3.63) is 42.0 Å². The molecule has 0 fully saturated rings. The molecule has 7 nitrogen and oxygen atoms in total. The smallest absolute Gasteiger partial charge is 0.407 e. The number of benzene rings is 1. The van der Waals surface area contributed by atoms with Gasteiger partial charge in [0.2, 0.25) is 0 Å². The maximum absolute atomic E-state index is 12.0. The van der Waals surface area contributed by atoms with Crippen LogP contribution in [0.15, 0.2) is 30.8 Å². The maximum atomic E-state index is 12.0. The molecule has 0 saturated carbocycles. The number of alkyl carbamates (subject to hydrolysis) is 1. The van der Waals surface area contributed by atoms with Gasteiger partial charge in [0.05, 0.1) is 38.6 Å². The van der Waals surface area contributed by atoms with Gasteiger partial charge in [0.1, 0.15) is 12.7 Å². The third-order valence-corrected chi connectivity index (χ3v) is 3.85. The van der Waals surface area contributed by atoms with Crippen molar-refractivity contribution in [2.45, 2.75) is 32.4 Å². The van der Waals surface area contributed by atoms with Crippen LogP contribution in [0.25, 0.3) is 5.57 Å². The van der Waals surface area contributed by atoms with Crippen molar-refractivity contribution in [2.75, 3.05) is 39.6 Å². The minimum atomic E-state index is -0.878. The normalized spacial score (nSPS) is 12.5. The molecular formula is C20H31NO6. The van der Waals surface area contributed by atoms with Gasteiger partial charge < -0.3 is 29.7 Å². The van der Waals surface area contributed by atoms with Gasteiger partial charge in [-0.2, -0.15) is 0 Å². The summed E-state index contributed by atoms with van der Waals surface area (Å²) in [7, 11) is 0. The van der Waals surface area contributed by atoms with E-state index in [4.69, 9.17) is 24.4 Å². The zero-order valence-electron chi connectivity index (χ0n) is 16.4. The molecule has 0 aliphatic rings. The van der Waals surface area contributed by atoms with E-state index in [1.54, 1.807) is 0 Å². The highest BCUT2D eigenvalue weighted by Crippen LogP contribution is 2.23. The Kier molecular flexibility index (Phi) is 10.0. The summed E-state index contributed by atoms with van der Waals surface area (Å²) in [4.78, 5) is 12.0. The fraction of sp³-hybridized carbons (Fsp3) is 0.550. The molecular weight excluding hydrogens is 350 g/mol. The van der Waals surface area contributed by atoms with Gasteiger partial charge in [0, 0.05) is 0 Å². The summed E-state index contributed by atoms with van der Waals surface area (Å²) in [6.07, 6.45) is -1.40. The van der Waals surface area contributed by atoms with Crippen molar-refractivity contribution in [1.82, 2.24) is 5.32 Å². The molecule has 0 aliphatic carbocycles. The molecule has 0 aromatic heterocycles. The van der Waals surface area contributed by atoms with Gasteiger partial charge in [-0.1, -0.05) is 30.4 Å². The molecule has 1 aromatic rings. The second-order valence-electron chi connectivity index (χ2n) is 6.77. The molecule has 0 bridgehead atoms. The van der Waals surface area contributed by atoms with Crippen molar-refractivity contribution >= 4 is 11.7 Å². The predicted molar refractivity (Wildman–Crippen MR) is 103 cm³/mol. The van der Waals surface area contributed by atoms with Crippen LogP contribution in [0.4, 0.5) is 4.79 Å². The molecule has 0 spiro atoms. The Labute approximate surface area is 160 Å². The van der Waals surface area contributed by atoms with Crippen LogP contribution in [-0.2, 0) is 19.7 Å². The first-order chi connectivity index (χ1) is 12.8. The highest BCUT2D eigenvalue weighted by Gasteiger charge is 2.23. The highest BCUT2D eigenvalue weighted by atomic mass is 16.6. The standard InChI is InChI=1S/C20H31NO6/c1-15(2)16-6-5-7-17(12-16)20(3,4)21-19(24)27-11-10-25-8-9-26-14-18(23)13-22/h5-7,12,18,22-23H,1,8-11,13-14H2,2-4H3,(H,21,24). The largest absolute Gasteiger partial charge is 0.447 e. The second kappa shape index (κ2) is 11.7. The minimum absolute atomic E-state index is 0.0560. The molecule has 1 aromatic carbocycles. The van der Waals surface area contributed by atoms with Gasteiger partial charge >= 0.3 is 6.09 Å². The number of hydrogen-bond acceptors (Lipinski definition) is 6. The number of hydrogen-bond donors (Lipinski definition) is 3. The van der Waals surface area contributed by atoms with E-state index in [2.05, 4.69) is 11.9 Å². The van der Waals surface area contributed by atoms with Gasteiger partial charge in [-0.25, -0.2) is 4.79 Å². The van der Waals surface area contributed by atoms with E-state index in [9.17, 15) is 4.79 Å². The molecule has 0 radical (unpaired) electrons. The first-order valence-corrected chi connectivity index (χ1v) is 8.92. The number of amides is 1. The van der Waals surface area contributed by atoms with Gasteiger partial charge in [0.25, 0.3) is 0 Å². The van der Waals surface area contributed by atoms with Gasteiger partial charge in [0.15, 0.2) is 0 Å². The fourth-order valence-corrected chi connectivity index (χ4v) is 2.22. The molecule has 0 aliphatic heterocycles. The highest BCUT2D eigenvalue weighted by molar-refractivity contribution is 5.69. The Balaban J connectivity index is 2.27. The Morgan fingerprint density at radius 1 is 1.22 bits per heavy atom. The quantitative estimate of drug-likeness (QED) is 0.480. The van der Waals surface area contributed by atoms with Crippen LogP contribution in [0.1, 0.15) is 31.9 Å². The van der Waals surface area contributed by atoms with Crippen LogP contribution >= 0.6 is 0 Å². The molecule has 1 atom stereocenters. The van der Waals surface area contributed by atoms with E-state index < -0.39 is 17.7 Å². The molecule has 1 amide bonds. The number of aliphatic hydroxyl groups excluding tert-OH is 2. The summed E-state index contributed by atoms with van der Waals surface area (Å²) in [6.45, 7) is 10.4. The summed E-state index contributed by atoms with van der Waals surface area (Å²) in [5.74, 6) is 0. The first kappa shape index (κ1) is 23.1. The average molecular weight is 381 g/mol. The van der Waals surface area contributed by atoms with Gasteiger partial charge in [-0.05, 0) is 38.0 Å². The third kappa shape index (κ3) is 9.01. The lowest BCUT2D eigenvalue weighted by Crippen LogP contribution is -2.41. The fourth-order valence-electron chi connectivity index (χ4n) is 2.22. The third-order valence-electron chi connectivity index (χ3n) is 3.85. The summed E-state index contributed by atoms with van der Waals surface area (Å²) in [5, 5.41) is 20.6. The number of rotatable bonds is 12.